The van der Waals surface area contributed by atoms with E-state index in [0.29, 0.717) is 13.0 Å². The van der Waals surface area contributed by atoms with Gasteiger partial charge in [-0.05, 0) is 19.1 Å². The fraction of sp³-hybridized carbons (Fsp3) is 0.500. The first kappa shape index (κ1) is 18.1. The Morgan fingerprint density at radius 3 is 3.00 bits per heavy atom. The van der Waals surface area contributed by atoms with E-state index in [4.69, 9.17) is 4.74 Å². The van der Waals surface area contributed by atoms with Crippen LogP contribution in [0.3, 0.4) is 0 Å². The van der Waals surface area contributed by atoms with Gasteiger partial charge in [-0.25, -0.2) is 0 Å². The Balaban J connectivity index is 0.00000162. The van der Waals surface area contributed by atoms with Crippen LogP contribution >= 0.6 is 24.8 Å². The summed E-state index contributed by atoms with van der Waals surface area (Å²) < 4.78 is 5.47. The Morgan fingerprint density at radius 1 is 1.58 bits per heavy atom. The molecule has 1 aliphatic rings. The zero-order valence-electron chi connectivity index (χ0n) is 10.7. The third-order valence-corrected chi connectivity index (χ3v) is 2.60. The van der Waals surface area contributed by atoms with Crippen LogP contribution in [0.15, 0.2) is 18.3 Å². The van der Waals surface area contributed by atoms with Gasteiger partial charge >= 0.3 is 0 Å². The van der Waals surface area contributed by atoms with Gasteiger partial charge in [-0.15, -0.1) is 24.8 Å². The fourth-order valence-corrected chi connectivity index (χ4v) is 1.79. The maximum atomic E-state index is 11.8. The second-order valence-electron chi connectivity index (χ2n) is 4.14. The average molecular weight is 308 g/mol. The van der Waals surface area contributed by atoms with Gasteiger partial charge in [0.2, 0.25) is 5.91 Å². The summed E-state index contributed by atoms with van der Waals surface area (Å²) >= 11 is 0. The lowest BCUT2D eigenvalue weighted by Crippen LogP contribution is -2.40. The van der Waals surface area contributed by atoms with Gasteiger partial charge in [-0.1, -0.05) is 0 Å². The first-order chi connectivity index (χ1) is 8.24. The first-order valence-electron chi connectivity index (χ1n) is 5.79. The van der Waals surface area contributed by atoms with Gasteiger partial charge in [0.05, 0.1) is 19.1 Å². The summed E-state index contributed by atoms with van der Waals surface area (Å²) in [6, 6.07) is 3.63. The van der Waals surface area contributed by atoms with Crippen LogP contribution in [0.5, 0.6) is 0 Å². The zero-order chi connectivity index (χ0) is 12.1. The number of hydrogen-bond donors (Lipinski definition) is 2. The molecule has 7 heteroatoms. The molecule has 2 rings (SSSR count). The molecule has 108 valence electrons. The predicted octanol–water partition coefficient (Wildman–Crippen LogP) is 1.55. The monoisotopic (exact) mass is 307 g/mol. The molecule has 0 spiro atoms. The predicted molar refractivity (Wildman–Crippen MR) is 79.3 cm³/mol. The Hall–Kier alpha value is -0.880. The maximum Gasteiger partial charge on any atom is 0.227 e. The highest BCUT2D eigenvalue weighted by Gasteiger charge is 2.17. The summed E-state index contributed by atoms with van der Waals surface area (Å²) in [4.78, 5) is 15.8. The summed E-state index contributed by atoms with van der Waals surface area (Å²) in [5.74, 6) is -0.0238. The number of amides is 1. The fourth-order valence-electron chi connectivity index (χ4n) is 1.79. The normalized spacial score (nSPS) is 17.8. The number of carbonyl (C=O) groups is 1. The van der Waals surface area contributed by atoms with Crippen LogP contribution in [0, 0.1) is 6.92 Å². The summed E-state index contributed by atoms with van der Waals surface area (Å²) in [6.45, 7) is 4.17. The van der Waals surface area contributed by atoms with E-state index in [9.17, 15) is 4.79 Å². The van der Waals surface area contributed by atoms with E-state index in [1.165, 1.54) is 0 Å². The molecule has 1 aliphatic heterocycles. The molecule has 1 aromatic heterocycles. The molecule has 1 amide bonds. The van der Waals surface area contributed by atoms with Gasteiger partial charge < -0.3 is 15.4 Å². The number of aromatic nitrogens is 1. The Kier molecular flexibility index (Phi) is 8.67. The van der Waals surface area contributed by atoms with Crippen LogP contribution in [-0.4, -0.2) is 36.7 Å². The number of hydrogen-bond acceptors (Lipinski definition) is 4. The van der Waals surface area contributed by atoms with Gasteiger partial charge in [0.1, 0.15) is 0 Å². The molecular formula is C12H19Cl2N3O2. The average Bonchev–Trinajstić information content (AvgIpc) is 2.30. The van der Waals surface area contributed by atoms with Crippen LogP contribution in [0.4, 0.5) is 5.69 Å². The first-order valence-corrected chi connectivity index (χ1v) is 5.79. The van der Waals surface area contributed by atoms with Crippen LogP contribution < -0.4 is 10.6 Å². The Bertz CT molecular complexity index is 398. The van der Waals surface area contributed by atoms with Crippen LogP contribution in [-0.2, 0) is 9.53 Å². The topological polar surface area (TPSA) is 63.2 Å². The summed E-state index contributed by atoms with van der Waals surface area (Å²) in [6.07, 6.45) is 2.05. The number of anilines is 1. The molecule has 5 nitrogen and oxygen atoms in total. The lowest BCUT2D eigenvalue weighted by Gasteiger charge is -2.23. The third-order valence-electron chi connectivity index (χ3n) is 2.60. The van der Waals surface area contributed by atoms with Crippen molar-refractivity contribution in [1.82, 2.24) is 10.3 Å². The molecule has 2 heterocycles. The smallest absolute Gasteiger partial charge is 0.227 e. The van der Waals surface area contributed by atoms with Gasteiger partial charge in [0, 0.05) is 30.7 Å². The molecule has 1 fully saturated rings. The third kappa shape index (κ3) is 6.20. The van der Waals surface area contributed by atoms with Crippen molar-refractivity contribution in [2.75, 3.05) is 25.0 Å². The molecule has 2 N–H and O–H groups in total. The highest BCUT2D eigenvalue weighted by Crippen LogP contribution is 2.09. The minimum Gasteiger partial charge on any atom is -0.375 e. The number of carbonyl (C=O) groups excluding carboxylic acids is 1. The van der Waals surface area contributed by atoms with Crippen molar-refractivity contribution >= 4 is 36.4 Å². The molecule has 0 aromatic carbocycles. The number of pyridine rings is 1. The van der Waals surface area contributed by atoms with Crippen LogP contribution in [0.25, 0.3) is 0 Å². The molecular weight excluding hydrogens is 289 g/mol. The van der Waals surface area contributed by atoms with Gasteiger partial charge in [-0.2, -0.15) is 0 Å². The van der Waals surface area contributed by atoms with E-state index in [-0.39, 0.29) is 36.8 Å². The van der Waals surface area contributed by atoms with Gasteiger partial charge in [-0.3, -0.25) is 9.78 Å². The Morgan fingerprint density at radius 2 is 2.37 bits per heavy atom. The number of ether oxygens (including phenoxy) is 1. The molecule has 19 heavy (non-hydrogen) atoms. The van der Waals surface area contributed by atoms with Crippen molar-refractivity contribution in [3.63, 3.8) is 0 Å². The largest absolute Gasteiger partial charge is 0.375 e. The SMILES string of the molecule is Cc1cc(NC(=O)CC2CNCCO2)ccn1.Cl.Cl. The van der Waals surface area contributed by atoms with E-state index in [0.717, 1.165) is 24.5 Å². The van der Waals surface area contributed by atoms with E-state index in [1.807, 2.05) is 13.0 Å². The highest BCUT2D eigenvalue weighted by molar-refractivity contribution is 5.91. The van der Waals surface area contributed by atoms with Crippen molar-refractivity contribution < 1.29 is 9.53 Å². The molecule has 0 saturated carbocycles. The quantitative estimate of drug-likeness (QED) is 0.889. The molecule has 1 aromatic rings. The van der Waals surface area contributed by atoms with E-state index in [1.54, 1.807) is 12.3 Å². The van der Waals surface area contributed by atoms with Crippen LogP contribution in [0.1, 0.15) is 12.1 Å². The molecule has 0 bridgehead atoms. The highest BCUT2D eigenvalue weighted by atomic mass is 35.5. The number of aryl methyl sites for hydroxylation is 1. The molecule has 1 atom stereocenters. The number of nitrogens with zero attached hydrogens (tertiary/aromatic N) is 1. The standard InChI is InChI=1S/C12H17N3O2.2ClH/c1-9-6-10(2-3-14-9)15-12(16)7-11-8-13-4-5-17-11;;/h2-3,6,11,13H,4-5,7-8H2,1H3,(H,14,15,16);2*1H. The lowest BCUT2D eigenvalue weighted by atomic mass is 10.2. The van der Waals surface area contributed by atoms with E-state index < -0.39 is 0 Å². The van der Waals surface area contributed by atoms with Crippen molar-refractivity contribution in [2.24, 2.45) is 0 Å². The molecule has 1 saturated heterocycles. The van der Waals surface area contributed by atoms with Crippen molar-refractivity contribution in [3.05, 3.63) is 24.0 Å². The molecule has 0 aliphatic carbocycles. The van der Waals surface area contributed by atoms with Gasteiger partial charge in [0.25, 0.3) is 0 Å². The second-order valence-corrected chi connectivity index (χ2v) is 4.14. The minimum atomic E-state index is -0.0238. The number of nitrogens with one attached hydrogen (secondary N) is 2. The number of halogens is 2. The van der Waals surface area contributed by atoms with Crippen LogP contribution in [0.2, 0.25) is 0 Å². The molecule has 0 radical (unpaired) electrons. The summed E-state index contributed by atoms with van der Waals surface area (Å²) in [7, 11) is 0. The van der Waals surface area contributed by atoms with Crippen molar-refractivity contribution in [1.29, 1.82) is 0 Å². The Labute approximate surface area is 125 Å². The summed E-state index contributed by atoms with van der Waals surface area (Å²) in [5, 5.41) is 6.04. The van der Waals surface area contributed by atoms with Crippen molar-refractivity contribution in [2.45, 2.75) is 19.4 Å². The number of morpholine rings is 1. The summed E-state index contributed by atoms with van der Waals surface area (Å²) in [5.41, 5.74) is 1.67. The lowest BCUT2D eigenvalue weighted by molar-refractivity contribution is -0.119. The van der Waals surface area contributed by atoms with E-state index in [2.05, 4.69) is 15.6 Å². The number of rotatable bonds is 3. The van der Waals surface area contributed by atoms with E-state index >= 15 is 0 Å². The van der Waals surface area contributed by atoms with Crippen molar-refractivity contribution in [3.8, 4) is 0 Å². The second kappa shape index (κ2) is 9.09. The van der Waals surface area contributed by atoms with Gasteiger partial charge in [0.15, 0.2) is 0 Å². The minimum absolute atomic E-state index is 0. The molecule has 1 unspecified atom stereocenters. The maximum absolute atomic E-state index is 11.8. The zero-order valence-corrected chi connectivity index (χ0v) is 12.4.